The van der Waals surface area contributed by atoms with E-state index < -0.39 is 0 Å². The van der Waals surface area contributed by atoms with Crippen LogP contribution in [0, 0.1) is 5.92 Å². The molecule has 1 aromatic rings. The molecule has 0 aliphatic carbocycles. The molecule has 2 rings (SSSR count). The molecule has 0 spiro atoms. The summed E-state index contributed by atoms with van der Waals surface area (Å²) in [5.74, 6) is 1.07. The summed E-state index contributed by atoms with van der Waals surface area (Å²) in [7, 11) is 1.46. The van der Waals surface area contributed by atoms with Gasteiger partial charge in [-0.2, -0.15) is 0 Å². The summed E-state index contributed by atoms with van der Waals surface area (Å²) >= 11 is 0. The van der Waals surface area contributed by atoms with Gasteiger partial charge in [0.15, 0.2) is 0 Å². The van der Waals surface area contributed by atoms with Crippen LogP contribution in [-0.4, -0.2) is 22.6 Å². The highest BCUT2D eigenvalue weighted by atomic mass is 16.5. The van der Waals surface area contributed by atoms with E-state index in [4.69, 9.17) is 4.74 Å². The number of nitrogens with zero attached hydrogens (tertiary/aromatic N) is 2. The predicted molar refractivity (Wildman–Crippen MR) is 60.0 cm³/mol. The molecule has 0 fully saturated rings. The molecule has 0 N–H and O–H groups in total. The molecular weight excluding hydrogens is 204 g/mol. The van der Waals surface area contributed by atoms with Gasteiger partial charge in [0.25, 0.3) is 0 Å². The van der Waals surface area contributed by atoms with Crippen molar-refractivity contribution < 1.29 is 9.53 Å². The summed E-state index contributed by atoms with van der Waals surface area (Å²) in [4.78, 5) is 15.9. The van der Waals surface area contributed by atoms with Gasteiger partial charge >= 0.3 is 5.97 Å². The molecule has 1 atom stereocenters. The Kier molecular flexibility index (Phi) is 3.27. The third-order valence-electron chi connectivity index (χ3n) is 3.34. The molecule has 2 heterocycles. The van der Waals surface area contributed by atoms with E-state index in [1.807, 2.05) is 6.20 Å². The van der Waals surface area contributed by atoms with E-state index in [2.05, 4.69) is 16.5 Å². The second-order valence-electron chi connectivity index (χ2n) is 4.22. The lowest BCUT2D eigenvalue weighted by Crippen LogP contribution is -2.16. The first-order valence-corrected chi connectivity index (χ1v) is 5.87. The van der Waals surface area contributed by atoms with Gasteiger partial charge in [-0.05, 0) is 19.3 Å². The Hall–Kier alpha value is -1.32. The first-order chi connectivity index (χ1) is 7.76. The molecular formula is C12H18N2O2. The van der Waals surface area contributed by atoms with Crippen LogP contribution in [0.3, 0.4) is 0 Å². The number of hydrogen-bond donors (Lipinski definition) is 0. The van der Waals surface area contributed by atoms with Gasteiger partial charge in [-0.3, -0.25) is 4.79 Å². The predicted octanol–water partition coefficient (Wildman–Crippen LogP) is 1.57. The van der Waals surface area contributed by atoms with Crippen molar-refractivity contribution in [2.24, 2.45) is 5.92 Å². The molecule has 1 aliphatic rings. The number of rotatable bonds is 2. The third kappa shape index (κ3) is 1.96. The number of hydrogen-bond acceptors (Lipinski definition) is 3. The number of esters is 1. The van der Waals surface area contributed by atoms with Crippen LogP contribution < -0.4 is 0 Å². The molecule has 88 valence electrons. The van der Waals surface area contributed by atoms with Crippen molar-refractivity contribution in [2.75, 3.05) is 7.11 Å². The number of carbonyl (C=O) groups excluding carboxylic acids is 1. The first kappa shape index (κ1) is 11.2. The largest absolute Gasteiger partial charge is 0.469 e. The summed E-state index contributed by atoms with van der Waals surface area (Å²) in [5.41, 5.74) is 1.26. The number of aryl methyl sites for hydroxylation is 2. The molecule has 0 radical (unpaired) electrons. The molecule has 4 heteroatoms. The number of aromatic nitrogens is 2. The molecule has 4 nitrogen and oxygen atoms in total. The summed E-state index contributed by atoms with van der Waals surface area (Å²) in [6.07, 6.45) is 5.54. The van der Waals surface area contributed by atoms with Crippen LogP contribution in [0.1, 0.15) is 31.3 Å². The summed E-state index contributed by atoms with van der Waals surface area (Å²) < 4.78 is 7.06. The topological polar surface area (TPSA) is 44.1 Å². The lowest BCUT2D eigenvalue weighted by Gasteiger charge is -2.11. The second kappa shape index (κ2) is 4.68. The van der Waals surface area contributed by atoms with Crippen LogP contribution in [0.2, 0.25) is 0 Å². The van der Waals surface area contributed by atoms with Crippen LogP contribution in [0.25, 0.3) is 0 Å². The van der Waals surface area contributed by atoms with Crippen LogP contribution in [0.4, 0.5) is 0 Å². The SMILES string of the molecule is CCc1cnc2n1CCC(C(=O)OC)CC2. The Morgan fingerprint density at radius 3 is 3.12 bits per heavy atom. The number of imidazole rings is 1. The fourth-order valence-corrected chi connectivity index (χ4v) is 2.34. The number of ether oxygens (including phenoxy) is 1. The van der Waals surface area contributed by atoms with Crippen LogP contribution >= 0.6 is 0 Å². The number of carbonyl (C=O) groups is 1. The average molecular weight is 222 g/mol. The molecule has 0 amide bonds. The minimum absolute atomic E-state index is 0.0383. The maximum Gasteiger partial charge on any atom is 0.308 e. The van der Waals surface area contributed by atoms with E-state index >= 15 is 0 Å². The molecule has 0 saturated heterocycles. The number of fused-ring (bicyclic) bond motifs is 1. The standard InChI is InChI=1S/C12H18N2O2/c1-3-10-8-13-11-5-4-9(12(15)16-2)6-7-14(10)11/h8-9H,3-7H2,1-2H3. The fraction of sp³-hybridized carbons (Fsp3) is 0.667. The van der Waals surface area contributed by atoms with Crippen LogP contribution in [0.15, 0.2) is 6.20 Å². The van der Waals surface area contributed by atoms with E-state index in [9.17, 15) is 4.79 Å². The smallest absolute Gasteiger partial charge is 0.308 e. The monoisotopic (exact) mass is 222 g/mol. The third-order valence-corrected chi connectivity index (χ3v) is 3.34. The van der Waals surface area contributed by atoms with Crippen molar-refractivity contribution in [1.29, 1.82) is 0 Å². The summed E-state index contributed by atoms with van der Waals surface area (Å²) in [6, 6.07) is 0. The van der Waals surface area contributed by atoms with E-state index in [1.165, 1.54) is 12.8 Å². The lowest BCUT2D eigenvalue weighted by atomic mass is 10.0. The minimum Gasteiger partial charge on any atom is -0.469 e. The molecule has 0 saturated carbocycles. The normalized spacial score (nSPS) is 20.0. The van der Waals surface area contributed by atoms with Gasteiger partial charge in [0.05, 0.1) is 13.0 Å². The Balaban J connectivity index is 2.13. The van der Waals surface area contributed by atoms with Gasteiger partial charge in [-0.1, -0.05) is 6.92 Å². The minimum atomic E-state index is -0.0798. The Morgan fingerprint density at radius 1 is 1.62 bits per heavy atom. The quantitative estimate of drug-likeness (QED) is 0.713. The highest BCUT2D eigenvalue weighted by molar-refractivity contribution is 5.72. The maximum atomic E-state index is 11.5. The van der Waals surface area contributed by atoms with E-state index in [1.54, 1.807) is 0 Å². The Bertz CT molecular complexity index is 384. The molecule has 16 heavy (non-hydrogen) atoms. The molecule has 1 aliphatic heterocycles. The van der Waals surface area contributed by atoms with E-state index in [-0.39, 0.29) is 11.9 Å². The fourth-order valence-electron chi connectivity index (χ4n) is 2.34. The zero-order valence-corrected chi connectivity index (χ0v) is 9.90. The van der Waals surface area contributed by atoms with Gasteiger partial charge in [0.1, 0.15) is 5.82 Å². The lowest BCUT2D eigenvalue weighted by molar-refractivity contribution is -0.145. The maximum absolute atomic E-state index is 11.5. The van der Waals surface area contributed by atoms with Gasteiger partial charge in [-0.15, -0.1) is 0 Å². The van der Waals surface area contributed by atoms with Gasteiger partial charge in [0, 0.05) is 24.9 Å². The first-order valence-electron chi connectivity index (χ1n) is 5.87. The molecule has 1 aromatic heterocycles. The zero-order valence-electron chi connectivity index (χ0n) is 9.90. The summed E-state index contributed by atoms with van der Waals surface area (Å²) in [5, 5.41) is 0. The van der Waals surface area contributed by atoms with Crippen molar-refractivity contribution in [3.63, 3.8) is 0 Å². The average Bonchev–Trinajstić information content (AvgIpc) is 2.59. The molecule has 0 aromatic carbocycles. The van der Waals surface area contributed by atoms with Crippen molar-refractivity contribution in [2.45, 2.75) is 39.2 Å². The Morgan fingerprint density at radius 2 is 2.44 bits per heavy atom. The van der Waals surface area contributed by atoms with Crippen molar-refractivity contribution >= 4 is 5.97 Å². The van der Waals surface area contributed by atoms with Gasteiger partial charge in [-0.25, -0.2) is 4.98 Å². The molecule has 0 bridgehead atoms. The van der Waals surface area contributed by atoms with Gasteiger partial charge < -0.3 is 9.30 Å². The number of methoxy groups -OCH3 is 1. The van der Waals surface area contributed by atoms with Crippen molar-refractivity contribution in [3.05, 3.63) is 17.7 Å². The van der Waals surface area contributed by atoms with E-state index in [0.717, 1.165) is 38.1 Å². The highest BCUT2D eigenvalue weighted by Crippen LogP contribution is 2.22. The van der Waals surface area contributed by atoms with Gasteiger partial charge in [0.2, 0.25) is 0 Å². The van der Waals surface area contributed by atoms with Crippen LogP contribution in [0.5, 0.6) is 0 Å². The molecule has 1 unspecified atom stereocenters. The van der Waals surface area contributed by atoms with Crippen LogP contribution in [-0.2, 0) is 28.9 Å². The van der Waals surface area contributed by atoms with Crippen molar-refractivity contribution in [1.82, 2.24) is 9.55 Å². The van der Waals surface area contributed by atoms with E-state index in [0.29, 0.717) is 0 Å². The van der Waals surface area contributed by atoms with Crippen molar-refractivity contribution in [3.8, 4) is 0 Å². The second-order valence-corrected chi connectivity index (χ2v) is 4.22. The highest BCUT2D eigenvalue weighted by Gasteiger charge is 2.24. The summed E-state index contributed by atoms with van der Waals surface area (Å²) in [6.45, 7) is 3.02. The Labute approximate surface area is 95.6 Å². The zero-order chi connectivity index (χ0) is 11.5.